The zero-order chi connectivity index (χ0) is 14.8. The van der Waals surface area contributed by atoms with Crippen molar-refractivity contribution in [2.45, 2.75) is 32.1 Å². The molecule has 0 saturated carbocycles. The van der Waals surface area contributed by atoms with Crippen LogP contribution in [0.2, 0.25) is 0 Å². The van der Waals surface area contributed by atoms with E-state index < -0.39 is 11.7 Å². The van der Waals surface area contributed by atoms with Gasteiger partial charge in [0.05, 0.1) is 17.9 Å². The number of furan rings is 1. The molecule has 0 bridgehead atoms. The first kappa shape index (κ1) is 14.7. The Bertz CT molecular complexity index is 548. The van der Waals surface area contributed by atoms with Crippen LogP contribution in [0.15, 0.2) is 47.1 Å². The summed E-state index contributed by atoms with van der Waals surface area (Å²) in [5.41, 5.74) is -0.0347. The number of rotatable bonds is 4. The number of alkyl halides is 3. The molecule has 1 unspecified atom stereocenters. The molecular formula is C15H16F3NO. The molecule has 0 fully saturated rings. The lowest BCUT2D eigenvalue weighted by atomic mass is 10.0. The van der Waals surface area contributed by atoms with Gasteiger partial charge in [-0.2, -0.15) is 13.2 Å². The third-order valence-electron chi connectivity index (χ3n) is 3.18. The maximum Gasteiger partial charge on any atom is 0.416 e. The molecule has 0 aliphatic rings. The maximum atomic E-state index is 12.7. The third kappa shape index (κ3) is 3.42. The van der Waals surface area contributed by atoms with Crippen molar-refractivity contribution in [1.29, 1.82) is 0 Å². The van der Waals surface area contributed by atoms with E-state index in [0.717, 1.165) is 11.8 Å². The van der Waals surface area contributed by atoms with Crippen molar-refractivity contribution in [2.24, 2.45) is 0 Å². The van der Waals surface area contributed by atoms with Gasteiger partial charge in [-0.15, -0.1) is 0 Å². The van der Waals surface area contributed by atoms with Gasteiger partial charge in [-0.05, 0) is 43.7 Å². The largest absolute Gasteiger partial charge is 0.468 e. The van der Waals surface area contributed by atoms with E-state index in [2.05, 4.69) is 5.32 Å². The summed E-state index contributed by atoms with van der Waals surface area (Å²) in [6.45, 7) is 3.73. The van der Waals surface area contributed by atoms with Gasteiger partial charge in [0.1, 0.15) is 5.76 Å². The Morgan fingerprint density at radius 2 is 1.80 bits per heavy atom. The molecular weight excluding hydrogens is 267 g/mol. The number of hydrogen-bond acceptors (Lipinski definition) is 2. The van der Waals surface area contributed by atoms with Crippen LogP contribution in [0.4, 0.5) is 13.2 Å². The van der Waals surface area contributed by atoms with Crippen LogP contribution in [0, 0.1) is 0 Å². The molecule has 108 valence electrons. The summed E-state index contributed by atoms with van der Waals surface area (Å²) in [5, 5.41) is 3.22. The second-order valence-corrected chi connectivity index (χ2v) is 4.75. The Labute approximate surface area is 115 Å². The minimum absolute atomic E-state index is 0.0745. The fraction of sp³-hybridized carbons (Fsp3) is 0.333. The van der Waals surface area contributed by atoms with Crippen LogP contribution >= 0.6 is 0 Å². The first-order valence-electron chi connectivity index (χ1n) is 6.34. The number of halogens is 3. The molecule has 2 rings (SSSR count). The van der Waals surface area contributed by atoms with Gasteiger partial charge >= 0.3 is 6.18 Å². The second-order valence-electron chi connectivity index (χ2n) is 4.75. The highest BCUT2D eigenvalue weighted by atomic mass is 19.4. The summed E-state index contributed by atoms with van der Waals surface area (Å²) in [6.07, 6.45) is -2.75. The van der Waals surface area contributed by atoms with E-state index in [1.165, 1.54) is 12.1 Å². The van der Waals surface area contributed by atoms with Crippen molar-refractivity contribution in [1.82, 2.24) is 5.32 Å². The zero-order valence-corrected chi connectivity index (χ0v) is 11.2. The Morgan fingerprint density at radius 3 is 2.40 bits per heavy atom. The predicted octanol–water partition coefficient (Wildman–Crippen LogP) is 4.71. The minimum Gasteiger partial charge on any atom is -0.468 e. The smallest absolute Gasteiger partial charge is 0.416 e. The van der Waals surface area contributed by atoms with Gasteiger partial charge in [0, 0.05) is 6.04 Å². The van der Waals surface area contributed by atoms with Crippen LogP contribution in [0.25, 0.3) is 0 Å². The molecule has 0 radical (unpaired) electrons. The fourth-order valence-corrected chi connectivity index (χ4v) is 2.08. The Kier molecular flexibility index (Phi) is 4.18. The van der Waals surface area contributed by atoms with Crippen molar-refractivity contribution in [3.63, 3.8) is 0 Å². The molecule has 1 N–H and O–H groups in total. The second kappa shape index (κ2) is 5.71. The number of nitrogens with one attached hydrogen (secondary N) is 1. The van der Waals surface area contributed by atoms with Crippen LogP contribution < -0.4 is 5.32 Å². The van der Waals surface area contributed by atoms with E-state index in [4.69, 9.17) is 4.42 Å². The SMILES string of the molecule is CC(N[C@@H](C)c1ccco1)c1cccc(C(F)(F)F)c1. The van der Waals surface area contributed by atoms with Crippen molar-refractivity contribution in [2.75, 3.05) is 0 Å². The van der Waals surface area contributed by atoms with E-state index in [9.17, 15) is 13.2 Å². The molecule has 0 aliphatic heterocycles. The molecule has 0 amide bonds. The van der Waals surface area contributed by atoms with E-state index in [1.54, 1.807) is 18.4 Å². The quantitative estimate of drug-likeness (QED) is 0.879. The topological polar surface area (TPSA) is 25.2 Å². The molecule has 0 saturated heterocycles. The lowest BCUT2D eigenvalue weighted by Gasteiger charge is -2.20. The number of hydrogen-bond donors (Lipinski definition) is 1. The van der Waals surface area contributed by atoms with Gasteiger partial charge in [-0.25, -0.2) is 0 Å². The minimum atomic E-state index is -4.32. The summed E-state index contributed by atoms with van der Waals surface area (Å²) in [4.78, 5) is 0. The van der Waals surface area contributed by atoms with Crippen LogP contribution in [0.5, 0.6) is 0 Å². The van der Waals surface area contributed by atoms with Crippen molar-refractivity contribution < 1.29 is 17.6 Å². The molecule has 1 heterocycles. The summed E-state index contributed by atoms with van der Waals surface area (Å²) in [6, 6.07) is 8.68. The molecule has 1 aromatic carbocycles. The first-order chi connectivity index (χ1) is 9.38. The summed E-state index contributed by atoms with van der Waals surface area (Å²) >= 11 is 0. The lowest BCUT2D eigenvalue weighted by molar-refractivity contribution is -0.137. The molecule has 0 aliphatic carbocycles. The molecule has 1 aromatic heterocycles. The molecule has 2 atom stereocenters. The summed E-state index contributed by atoms with van der Waals surface area (Å²) in [5.74, 6) is 0.754. The van der Waals surface area contributed by atoms with Crippen molar-refractivity contribution in [3.8, 4) is 0 Å². The van der Waals surface area contributed by atoms with Gasteiger partial charge in [-0.3, -0.25) is 0 Å². The van der Waals surface area contributed by atoms with Crippen LogP contribution in [-0.4, -0.2) is 0 Å². The monoisotopic (exact) mass is 283 g/mol. The van der Waals surface area contributed by atoms with Crippen LogP contribution in [-0.2, 0) is 6.18 Å². The summed E-state index contributed by atoms with van der Waals surface area (Å²) in [7, 11) is 0. The lowest BCUT2D eigenvalue weighted by Crippen LogP contribution is -2.22. The molecule has 2 nitrogen and oxygen atoms in total. The Balaban J connectivity index is 2.11. The van der Waals surface area contributed by atoms with E-state index in [0.29, 0.717) is 5.56 Å². The molecule has 20 heavy (non-hydrogen) atoms. The van der Waals surface area contributed by atoms with Gasteiger partial charge in [0.15, 0.2) is 0 Å². The zero-order valence-electron chi connectivity index (χ0n) is 11.2. The highest BCUT2D eigenvalue weighted by Gasteiger charge is 2.30. The fourth-order valence-electron chi connectivity index (χ4n) is 2.08. The highest BCUT2D eigenvalue weighted by molar-refractivity contribution is 5.27. The number of benzene rings is 1. The first-order valence-corrected chi connectivity index (χ1v) is 6.34. The Hall–Kier alpha value is -1.75. The van der Waals surface area contributed by atoms with Gasteiger partial charge in [-0.1, -0.05) is 12.1 Å². The third-order valence-corrected chi connectivity index (χ3v) is 3.18. The van der Waals surface area contributed by atoms with E-state index >= 15 is 0 Å². The molecule has 5 heteroatoms. The normalized spacial score (nSPS) is 15.1. The summed E-state index contributed by atoms with van der Waals surface area (Å²) < 4.78 is 43.3. The van der Waals surface area contributed by atoms with Gasteiger partial charge < -0.3 is 9.73 Å². The maximum absolute atomic E-state index is 12.7. The molecule has 0 spiro atoms. The van der Waals surface area contributed by atoms with Crippen LogP contribution in [0.3, 0.4) is 0 Å². The van der Waals surface area contributed by atoms with E-state index in [1.807, 2.05) is 19.9 Å². The highest BCUT2D eigenvalue weighted by Crippen LogP contribution is 2.31. The van der Waals surface area contributed by atoms with Gasteiger partial charge in [0.2, 0.25) is 0 Å². The average molecular weight is 283 g/mol. The predicted molar refractivity (Wildman–Crippen MR) is 70.1 cm³/mol. The average Bonchev–Trinajstić information content (AvgIpc) is 2.91. The van der Waals surface area contributed by atoms with E-state index in [-0.39, 0.29) is 12.1 Å². The standard InChI is InChI=1S/C15H16F3NO/c1-10(19-11(2)14-7-4-8-20-14)12-5-3-6-13(9-12)15(16,17)18/h3-11,19H,1-2H3/t10?,11-/m0/s1. The van der Waals surface area contributed by atoms with Crippen molar-refractivity contribution >= 4 is 0 Å². The van der Waals surface area contributed by atoms with Crippen molar-refractivity contribution in [3.05, 3.63) is 59.5 Å². The van der Waals surface area contributed by atoms with Crippen LogP contribution in [0.1, 0.15) is 42.8 Å². The molecule has 2 aromatic rings. The Morgan fingerprint density at radius 1 is 1.05 bits per heavy atom. The van der Waals surface area contributed by atoms with Gasteiger partial charge in [0.25, 0.3) is 0 Å².